The van der Waals surface area contributed by atoms with Crippen molar-refractivity contribution in [3.8, 4) is 0 Å². The van der Waals surface area contributed by atoms with Crippen LogP contribution in [0.2, 0.25) is 0 Å². The zero-order valence-corrected chi connectivity index (χ0v) is 11.7. The maximum absolute atomic E-state index is 8.98. The Bertz CT molecular complexity index is 704. The van der Waals surface area contributed by atoms with Crippen LogP contribution >= 0.6 is 0 Å². The van der Waals surface area contributed by atoms with Crippen molar-refractivity contribution in [2.24, 2.45) is 9.98 Å². The molecule has 0 saturated heterocycles. The molecular weight excluding hydrogens is 262 g/mol. The Hall–Kier alpha value is -2.20. The largest absolute Gasteiger partial charge is 0.394 e. The third-order valence-electron chi connectivity index (χ3n) is 4.27. The summed E-state index contributed by atoms with van der Waals surface area (Å²) in [6, 6.07) is 0. The zero-order chi connectivity index (χ0) is 14.3. The third-order valence-corrected chi connectivity index (χ3v) is 4.27. The maximum atomic E-state index is 8.98. The van der Waals surface area contributed by atoms with E-state index in [2.05, 4.69) is 52.8 Å². The molecule has 0 aromatic heterocycles. The van der Waals surface area contributed by atoms with Crippen molar-refractivity contribution >= 4 is 11.5 Å². The van der Waals surface area contributed by atoms with Crippen LogP contribution in [-0.2, 0) is 0 Å². The average molecular weight is 279 g/mol. The molecular formula is C17H17N3O. The second kappa shape index (κ2) is 4.67. The number of nitrogens with one attached hydrogen (secondary N) is 1. The smallest absolute Gasteiger partial charge is 0.130 e. The molecule has 2 aliphatic heterocycles. The Morgan fingerprint density at radius 2 is 2.19 bits per heavy atom. The van der Waals surface area contributed by atoms with E-state index in [9.17, 15) is 0 Å². The van der Waals surface area contributed by atoms with Crippen molar-refractivity contribution in [3.05, 3.63) is 59.4 Å². The number of amidine groups is 1. The fourth-order valence-electron chi connectivity index (χ4n) is 3.33. The van der Waals surface area contributed by atoms with Gasteiger partial charge in [-0.1, -0.05) is 30.4 Å². The first-order chi connectivity index (χ1) is 10.3. The lowest BCUT2D eigenvalue weighted by molar-refractivity contribution is 0.307. The first-order valence-corrected chi connectivity index (χ1v) is 7.31. The Kier molecular flexibility index (Phi) is 2.79. The predicted molar refractivity (Wildman–Crippen MR) is 84.5 cm³/mol. The number of aliphatic imine (C=N–C) groups is 2. The highest BCUT2D eigenvalue weighted by atomic mass is 16.3. The summed E-state index contributed by atoms with van der Waals surface area (Å²) in [6.45, 7) is 0.473. The summed E-state index contributed by atoms with van der Waals surface area (Å²) in [5.74, 6) is 0.808. The fraction of sp³-hybridized carbons (Fsp3) is 0.294. The van der Waals surface area contributed by atoms with Gasteiger partial charge in [0.1, 0.15) is 11.4 Å². The topological polar surface area (TPSA) is 57.0 Å². The van der Waals surface area contributed by atoms with Crippen LogP contribution < -0.4 is 5.32 Å². The number of aliphatic hydroxyl groups is 1. The van der Waals surface area contributed by atoms with Crippen molar-refractivity contribution in [3.63, 3.8) is 0 Å². The molecule has 0 bridgehead atoms. The molecule has 0 saturated carbocycles. The first-order valence-electron chi connectivity index (χ1n) is 7.31. The van der Waals surface area contributed by atoms with Gasteiger partial charge in [-0.2, -0.15) is 0 Å². The highest BCUT2D eigenvalue weighted by molar-refractivity contribution is 6.13. The summed E-state index contributed by atoms with van der Waals surface area (Å²) in [5.41, 5.74) is 4.42. The number of hydrogen-bond acceptors (Lipinski definition) is 3. The summed E-state index contributed by atoms with van der Waals surface area (Å²) in [4.78, 5) is 9.45. The number of rotatable bonds is 2. The summed E-state index contributed by atoms with van der Waals surface area (Å²) in [6.07, 6.45) is 16.6. The van der Waals surface area contributed by atoms with E-state index in [0.717, 1.165) is 30.1 Å². The van der Waals surface area contributed by atoms with Crippen LogP contribution in [0.4, 0.5) is 0 Å². The molecule has 2 aliphatic carbocycles. The van der Waals surface area contributed by atoms with Gasteiger partial charge in [-0.25, -0.2) is 0 Å². The summed E-state index contributed by atoms with van der Waals surface area (Å²) in [7, 11) is 0. The van der Waals surface area contributed by atoms with Gasteiger partial charge in [-0.05, 0) is 17.7 Å². The first kappa shape index (κ1) is 12.5. The normalized spacial score (nSPS) is 30.6. The number of nitrogens with zero attached hydrogens (tertiary/aromatic N) is 2. The quantitative estimate of drug-likeness (QED) is 0.810. The van der Waals surface area contributed by atoms with Crippen molar-refractivity contribution in [2.75, 3.05) is 13.2 Å². The predicted octanol–water partition coefficient (Wildman–Crippen LogP) is 1.83. The molecule has 4 nitrogen and oxygen atoms in total. The molecule has 1 spiro atoms. The molecule has 0 fully saturated rings. The molecule has 0 radical (unpaired) electrons. The van der Waals surface area contributed by atoms with E-state index in [-0.39, 0.29) is 12.1 Å². The van der Waals surface area contributed by atoms with Gasteiger partial charge in [0, 0.05) is 29.8 Å². The SMILES string of the molecule is OCCN=C1C=C2C3=CC=CCC3=NC23CC=CC=C3N1. The van der Waals surface area contributed by atoms with Gasteiger partial charge in [0.2, 0.25) is 0 Å². The molecule has 0 aromatic carbocycles. The minimum Gasteiger partial charge on any atom is -0.394 e. The Labute approximate surface area is 123 Å². The van der Waals surface area contributed by atoms with Crippen LogP contribution in [0.5, 0.6) is 0 Å². The van der Waals surface area contributed by atoms with Gasteiger partial charge < -0.3 is 10.4 Å². The molecule has 2 N–H and O–H groups in total. The molecule has 2 heterocycles. The average Bonchev–Trinajstić information content (AvgIpc) is 2.84. The van der Waals surface area contributed by atoms with Gasteiger partial charge >= 0.3 is 0 Å². The summed E-state index contributed by atoms with van der Waals surface area (Å²) < 4.78 is 0. The molecule has 106 valence electrons. The Morgan fingerprint density at radius 1 is 1.29 bits per heavy atom. The van der Waals surface area contributed by atoms with Gasteiger partial charge in [-0.15, -0.1) is 0 Å². The van der Waals surface area contributed by atoms with Crippen LogP contribution in [0.25, 0.3) is 0 Å². The van der Waals surface area contributed by atoms with Crippen molar-refractivity contribution in [1.29, 1.82) is 0 Å². The van der Waals surface area contributed by atoms with E-state index < -0.39 is 0 Å². The van der Waals surface area contributed by atoms with Gasteiger partial charge in [0.25, 0.3) is 0 Å². The summed E-state index contributed by atoms with van der Waals surface area (Å²) >= 11 is 0. The van der Waals surface area contributed by atoms with Crippen LogP contribution in [0.3, 0.4) is 0 Å². The molecule has 0 aromatic rings. The molecule has 4 heteroatoms. The zero-order valence-electron chi connectivity index (χ0n) is 11.7. The summed E-state index contributed by atoms with van der Waals surface area (Å²) in [5, 5.41) is 12.4. The Morgan fingerprint density at radius 3 is 3.10 bits per heavy atom. The maximum Gasteiger partial charge on any atom is 0.130 e. The van der Waals surface area contributed by atoms with Gasteiger partial charge in [0.05, 0.1) is 13.2 Å². The second-order valence-electron chi connectivity index (χ2n) is 5.52. The molecule has 1 atom stereocenters. The lowest BCUT2D eigenvalue weighted by Crippen LogP contribution is -2.44. The van der Waals surface area contributed by atoms with Gasteiger partial charge in [-0.3, -0.25) is 9.98 Å². The second-order valence-corrected chi connectivity index (χ2v) is 5.52. The number of aliphatic hydroxyl groups excluding tert-OH is 1. The highest BCUT2D eigenvalue weighted by Gasteiger charge is 2.47. The van der Waals surface area contributed by atoms with E-state index in [1.807, 2.05) is 0 Å². The molecule has 1 unspecified atom stereocenters. The minimum absolute atomic E-state index is 0.0611. The molecule has 4 rings (SSSR count). The molecule has 4 aliphatic rings. The lowest BCUT2D eigenvalue weighted by atomic mass is 9.77. The van der Waals surface area contributed by atoms with Crippen molar-refractivity contribution < 1.29 is 5.11 Å². The van der Waals surface area contributed by atoms with Gasteiger partial charge in [0.15, 0.2) is 0 Å². The highest BCUT2D eigenvalue weighted by Crippen LogP contribution is 2.47. The van der Waals surface area contributed by atoms with E-state index in [1.165, 1.54) is 11.1 Å². The van der Waals surface area contributed by atoms with Crippen molar-refractivity contribution in [1.82, 2.24) is 5.32 Å². The van der Waals surface area contributed by atoms with E-state index in [0.29, 0.717) is 6.54 Å². The monoisotopic (exact) mass is 279 g/mol. The minimum atomic E-state index is -0.291. The molecule has 0 amide bonds. The van der Waals surface area contributed by atoms with Crippen LogP contribution in [0, 0.1) is 0 Å². The van der Waals surface area contributed by atoms with Crippen LogP contribution in [0.15, 0.2) is 69.4 Å². The Balaban J connectivity index is 1.87. The van der Waals surface area contributed by atoms with Crippen LogP contribution in [0.1, 0.15) is 12.8 Å². The number of hydrogen-bond donors (Lipinski definition) is 2. The van der Waals surface area contributed by atoms with E-state index in [1.54, 1.807) is 0 Å². The van der Waals surface area contributed by atoms with Crippen molar-refractivity contribution in [2.45, 2.75) is 18.4 Å². The van der Waals surface area contributed by atoms with Crippen LogP contribution in [-0.4, -0.2) is 35.3 Å². The lowest BCUT2D eigenvalue weighted by Gasteiger charge is -2.36. The fourth-order valence-corrected chi connectivity index (χ4v) is 3.33. The van der Waals surface area contributed by atoms with E-state index in [4.69, 9.17) is 10.1 Å². The molecule has 21 heavy (non-hydrogen) atoms. The number of allylic oxidation sites excluding steroid dienone is 5. The standard InChI is InChI=1S/C17H17N3O/c21-10-9-18-16-11-13-12-5-1-2-6-14(12)20-17(13)8-4-3-7-15(17)19-16/h1-5,7,11,21H,6,8-10H2,(H,18,19). The third kappa shape index (κ3) is 1.79. The number of fused-ring (bicyclic) bond motifs is 2. The van der Waals surface area contributed by atoms with E-state index >= 15 is 0 Å².